The predicted molar refractivity (Wildman–Crippen MR) is 79.6 cm³/mol. The van der Waals surface area contributed by atoms with Crippen LogP contribution in [0.2, 0.25) is 0 Å². The smallest absolute Gasteiger partial charge is 0.325 e. The van der Waals surface area contributed by atoms with Crippen molar-refractivity contribution in [3.05, 3.63) is 41.4 Å². The fraction of sp³-hybridized carbons (Fsp3) is 0.286. The van der Waals surface area contributed by atoms with Gasteiger partial charge in [-0.2, -0.15) is 0 Å². The molecule has 0 bridgehead atoms. The SMILES string of the molecule is Cc1cc(CSc2ncccc2C(=O)N[C@@H](C)C(=O)O)no1. The van der Waals surface area contributed by atoms with Crippen molar-refractivity contribution < 1.29 is 19.2 Å². The number of aromatic nitrogens is 2. The Kier molecular flexibility index (Phi) is 5.16. The van der Waals surface area contributed by atoms with Crippen LogP contribution in [0, 0.1) is 6.92 Å². The summed E-state index contributed by atoms with van der Waals surface area (Å²) in [6.07, 6.45) is 1.58. The van der Waals surface area contributed by atoms with Crippen molar-refractivity contribution in [3.8, 4) is 0 Å². The van der Waals surface area contributed by atoms with Crippen molar-refractivity contribution in [2.75, 3.05) is 0 Å². The average molecular weight is 321 g/mol. The number of carbonyl (C=O) groups is 2. The summed E-state index contributed by atoms with van der Waals surface area (Å²) in [4.78, 5) is 27.1. The maximum atomic E-state index is 12.1. The minimum Gasteiger partial charge on any atom is -0.480 e. The number of nitrogens with one attached hydrogen (secondary N) is 1. The summed E-state index contributed by atoms with van der Waals surface area (Å²) in [5, 5.41) is 15.6. The number of carboxylic acids is 1. The molecule has 22 heavy (non-hydrogen) atoms. The minimum atomic E-state index is -1.09. The van der Waals surface area contributed by atoms with E-state index >= 15 is 0 Å². The van der Waals surface area contributed by atoms with Gasteiger partial charge in [0.1, 0.15) is 16.8 Å². The van der Waals surface area contributed by atoms with E-state index in [-0.39, 0.29) is 0 Å². The largest absolute Gasteiger partial charge is 0.480 e. The highest BCUT2D eigenvalue weighted by molar-refractivity contribution is 7.98. The van der Waals surface area contributed by atoms with Gasteiger partial charge in [0.2, 0.25) is 0 Å². The number of rotatable bonds is 6. The normalized spacial score (nSPS) is 11.9. The topological polar surface area (TPSA) is 105 Å². The summed E-state index contributed by atoms with van der Waals surface area (Å²) in [5.74, 6) is -0.348. The molecule has 2 rings (SSSR count). The van der Waals surface area contributed by atoms with Crippen LogP contribution in [-0.2, 0) is 10.5 Å². The van der Waals surface area contributed by atoms with Gasteiger partial charge in [0, 0.05) is 18.0 Å². The van der Waals surface area contributed by atoms with Crippen molar-refractivity contribution in [2.24, 2.45) is 0 Å². The van der Waals surface area contributed by atoms with Crippen LogP contribution in [0.4, 0.5) is 0 Å². The fourth-order valence-electron chi connectivity index (χ4n) is 1.64. The van der Waals surface area contributed by atoms with Gasteiger partial charge in [-0.3, -0.25) is 9.59 Å². The van der Waals surface area contributed by atoms with Gasteiger partial charge in [-0.05, 0) is 26.0 Å². The second-order valence-electron chi connectivity index (χ2n) is 4.61. The molecular formula is C14H15N3O4S. The highest BCUT2D eigenvalue weighted by atomic mass is 32.2. The molecule has 2 heterocycles. The van der Waals surface area contributed by atoms with Gasteiger partial charge in [0.05, 0.1) is 11.3 Å². The fourth-order valence-corrected chi connectivity index (χ4v) is 2.52. The van der Waals surface area contributed by atoms with Crippen LogP contribution in [-0.4, -0.2) is 33.2 Å². The highest BCUT2D eigenvalue weighted by Gasteiger charge is 2.18. The molecule has 0 radical (unpaired) electrons. The summed E-state index contributed by atoms with van der Waals surface area (Å²) in [6, 6.07) is 4.07. The first-order chi connectivity index (χ1) is 10.5. The van der Waals surface area contributed by atoms with Crippen LogP contribution in [0.3, 0.4) is 0 Å². The van der Waals surface area contributed by atoms with E-state index in [4.69, 9.17) is 9.63 Å². The Balaban J connectivity index is 2.09. The Labute approximate surface area is 131 Å². The van der Waals surface area contributed by atoms with Crippen molar-refractivity contribution in [3.63, 3.8) is 0 Å². The van der Waals surface area contributed by atoms with E-state index in [0.717, 1.165) is 5.69 Å². The third-order valence-corrected chi connectivity index (χ3v) is 3.81. The summed E-state index contributed by atoms with van der Waals surface area (Å²) in [6.45, 7) is 3.20. The third-order valence-electron chi connectivity index (χ3n) is 2.77. The first kappa shape index (κ1) is 16.0. The minimum absolute atomic E-state index is 0.334. The van der Waals surface area contributed by atoms with Gasteiger partial charge in [-0.25, -0.2) is 4.98 Å². The molecule has 2 aromatic heterocycles. The molecule has 0 aliphatic heterocycles. The zero-order valence-electron chi connectivity index (χ0n) is 12.1. The lowest BCUT2D eigenvalue weighted by Crippen LogP contribution is -2.38. The molecule has 1 atom stereocenters. The van der Waals surface area contributed by atoms with Gasteiger partial charge in [0.15, 0.2) is 0 Å². The van der Waals surface area contributed by atoms with Crippen LogP contribution >= 0.6 is 11.8 Å². The lowest BCUT2D eigenvalue weighted by molar-refractivity contribution is -0.138. The van der Waals surface area contributed by atoms with Crippen molar-refractivity contribution >= 4 is 23.6 Å². The van der Waals surface area contributed by atoms with Crippen LogP contribution in [0.25, 0.3) is 0 Å². The average Bonchev–Trinajstić information content (AvgIpc) is 2.90. The second kappa shape index (κ2) is 7.08. The Hall–Kier alpha value is -2.35. The number of aliphatic carboxylic acids is 1. The molecule has 2 aromatic rings. The third kappa shape index (κ3) is 4.08. The number of thioether (sulfide) groups is 1. The second-order valence-corrected chi connectivity index (χ2v) is 5.57. The van der Waals surface area contributed by atoms with E-state index in [0.29, 0.717) is 22.1 Å². The summed E-state index contributed by atoms with van der Waals surface area (Å²) < 4.78 is 4.98. The molecule has 8 heteroatoms. The number of hydrogen-bond acceptors (Lipinski definition) is 6. The van der Waals surface area contributed by atoms with E-state index in [1.165, 1.54) is 18.7 Å². The Morgan fingerprint density at radius 1 is 1.50 bits per heavy atom. The molecule has 2 N–H and O–H groups in total. The number of aryl methyl sites for hydroxylation is 1. The van der Waals surface area contributed by atoms with E-state index in [1.54, 1.807) is 25.3 Å². The monoisotopic (exact) mass is 321 g/mol. The Morgan fingerprint density at radius 2 is 2.27 bits per heavy atom. The predicted octanol–water partition coefficient (Wildman–Crippen LogP) is 1.87. The number of carboxylic acid groups (broad SMARTS) is 1. The van der Waals surface area contributed by atoms with E-state index < -0.39 is 17.9 Å². The molecule has 116 valence electrons. The van der Waals surface area contributed by atoms with Crippen LogP contribution < -0.4 is 5.32 Å². The van der Waals surface area contributed by atoms with E-state index in [1.807, 2.05) is 6.07 Å². The first-order valence-corrected chi connectivity index (χ1v) is 7.49. The van der Waals surface area contributed by atoms with E-state index in [2.05, 4.69) is 15.5 Å². The highest BCUT2D eigenvalue weighted by Crippen LogP contribution is 2.24. The first-order valence-electron chi connectivity index (χ1n) is 6.51. The molecule has 0 aliphatic rings. The summed E-state index contributed by atoms with van der Waals surface area (Å²) >= 11 is 1.34. The van der Waals surface area contributed by atoms with Crippen molar-refractivity contribution in [1.82, 2.24) is 15.5 Å². The summed E-state index contributed by atoms with van der Waals surface area (Å²) in [7, 11) is 0. The van der Waals surface area contributed by atoms with Crippen LogP contribution in [0.1, 0.15) is 28.7 Å². The van der Waals surface area contributed by atoms with Gasteiger partial charge >= 0.3 is 5.97 Å². The molecule has 0 spiro atoms. The lowest BCUT2D eigenvalue weighted by atomic mass is 10.2. The summed E-state index contributed by atoms with van der Waals surface area (Å²) in [5.41, 5.74) is 1.08. The lowest BCUT2D eigenvalue weighted by Gasteiger charge is -2.11. The molecular weight excluding hydrogens is 306 g/mol. The molecule has 7 nitrogen and oxygen atoms in total. The Bertz CT molecular complexity index is 686. The number of nitrogens with zero attached hydrogens (tertiary/aromatic N) is 2. The van der Waals surface area contributed by atoms with Crippen molar-refractivity contribution in [1.29, 1.82) is 0 Å². The van der Waals surface area contributed by atoms with Crippen molar-refractivity contribution in [2.45, 2.75) is 30.7 Å². The van der Waals surface area contributed by atoms with Gasteiger partial charge in [-0.1, -0.05) is 16.9 Å². The maximum absolute atomic E-state index is 12.1. The molecule has 1 amide bonds. The number of amides is 1. The molecule has 0 aromatic carbocycles. The van der Waals surface area contributed by atoms with Gasteiger partial charge in [0.25, 0.3) is 5.91 Å². The zero-order chi connectivity index (χ0) is 16.1. The number of pyridine rings is 1. The standard InChI is InChI=1S/C14H15N3O4S/c1-8-6-10(17-21-8)7-22-13-11(4-3-5-15-13)12(18)16-9(2)14(19)20/h3-6,9H,7H2,1-2H3,(H,16,18)(H,19,20)/t9-/m0/s1. The Morgan fingerprint density at radius 3 is 2.91 bits per heavy atom. The maximum Gasteiger partial charge on any atom is 0.325 e. The van der Waals surface area contributed by atoms with Gasteiger partial charge in [-0.15, -0.1) is 0 Å². The zero-order valence-corrected chi connectivity index (χ0v) is 12.9. The number of hydrogen-bond donors (Lipinski definition) is 2. The molecule has 0 saturated heterocycles. The molecule has 0 fully saturated rings. The number of carbonyl (C=O) groups excluding carboxylic acids is 1. The molecule has 0 aliphatic carbocycles. The molecule has 0 unspecified atom stereocenters. The quantitative estimate of drug-likeness (QED) is 0.782. The van der Waals surface area contributed by atoms with E-state index in [9.17, 15) is 9.59 Å². The van der Waals surface area contributed by atoms with Crippen LogP contribution in [0.15, 0.2) is 33.9 Å². The van der Waals surface area contributed by atoms with Gasteiger partial charge < -0.3 is 14.9 Å². The molecule has 0 saturated carbocycles. The van der Waals surface area contributed by atoms with Crippen LogP contribution in [0.5, 0.6) is 0 Å².